The van der Waals surface area contributed by atoms with Crippen LogP contribution in [0.5, 0.6) is 5.75 Å². The van der Waals surface area contributed by atoms with Crippen molar-refractivity contribution in [1.29, 1.82) is 0 Å². The Morgan fingerprint density at radius 3 is 2.59 bits per heavy atom. The summed E-state index contributed by atoms with van der Waals surface area (Å²) in [6.07, 6.45) is -1.44. The lowest BCUT2D eigenvalue weighted by Gasteiger charge is -2.76. The first-order valence-electron chi connectivity index (χ1n) is 11.2. The molecule has 3 saturated carbocycles. The van der Waals surface area contributed by atoms with Crippen LogP contribution in [0.15, 0.2) is 18.5 Å². The number of aromatic nitrogens is 2. The average molecular weight is 472 g/mol. The lowest BCUT2D eigenvalue weighted by molar-refractivity contribution is -0.403. The van der Waals surface area contributed by atoms with E-state index in [2.05, 4.69) is 24.1 Å². The summed E-state index contributed by atoms with van der Waals surface area (Å²) in [5.74, 6) is 0.585. The Morgan fingerprint density at radius 1 is 1.28 bits per heavy atom. The molecule has 1 saturated heterocycles. The smallest absolute Gasteiger partial charge is 0.394 e. The molecule has 2 N–H and O–H groups in total. The van der Waals surface area contributed by atoms with Crippen LogP contribution in [0.25, 0.3) is 11.0 Å². The number of rotatable bonds is 5. The van der Waals surface area contributed by atoms with E-state index in [9.17, 15) is 18.3 Å². The molecular weight excluding hydrogens is 443 g/mol. The van der Waals surface area contributed by atoms with Crippen molar-refractivity contribution in [3.63, 3.8) is 0 Å². The fourth-order valence-corrected chi connectivity index (χ4v) is 6.71. The summed E-state index contributed by atoms with van der Waals surface area (Å²) in [6.45, 7) is 6.37. The van der Waals surface area contributed by atoms with E-state index in [4.69, 9.17) is 16.3 Å². The van der Waals surface area contributed by atoms with Crippen molar-refractivity contribution in [2.24, 2.45) is 10.8 Å². The fourth-order valence-electron chi connectivity index (χ4n) is 6.41. The monoisotopic (exact) mass is 471 g/mol. The number of imidazole rings is 1. The van der Waals surface area contributed by atoms with Crippen molar-refractivity contribution in [2.45, 2.75) is 82.8 Å². The molecule has 1 aromatic heterocycles. The van der Waals surface area contributed by atoms with E-state index in [0.29, 0.717) is 30.2 Å². The molecule has 3 aliphatic carbocycles. The standard InChI is InChI=1S/C23H29ClF3N3O2/c1-13(2)30-12-28-18-5-16(4-17(24)19(18)30)32-8-15-7-22(31,6-14(3)29-15)20-9-21(10-20,11-20)23(25,26)27/h4-5,12-15,29,31H,6-11H2,1-3H3/t14-,15-,20?,21?,22-/m0/s1. The van der Waals surface area contributed by atoms with Crippen LogP contribution in [0.3, 0.4) is 0 Å². The summed E-state index contributed by atoms with van der Waals surface area (Å²) in [6, 6.07) is 3.65. The molecule has 9 heteroatoms. The number of benzene rings is 1. The molecule has 5 nitrogen and oxygen atoms in total. The van der Waals surface area contributed by atoms with Crippen LogP contribution in [-0.2, 0) is 0 Å². The van der Waals surface area contributed by atoms with Crippen molar-refractivity contribution in [3.05, 3.63) is 23.5 Å². The first-order chi connectivity index (χ1) is 14.9. The molecule has 6 rings (SSSR count). The number of piperidine rings is 1. The van der Waals surface area contributed by atoms with E-state index < -0.39 is 22.6 Å². The Balaban J connectivity index is 1.28. The Hall–Kier alpha value is -1.51. The number of hydrogen-bond acceptors (Lipinski definition) is 4. The van der Waals surface area contributed by atoms with Crippen molar-refractivity contribution < 1.29 is 23.0 Å². The number of hydrogen-bond donors (Lipinski definition) is 2. The van der Waals surface area contributed by atoms with Gasteiger partial charge in [0.25, 0.3) is 0 Å². The summed E-state index contributed by atoms with van der Waals surface area (Å²) < 4.78 is 47.9. The SMILES string of the molecule is CC(C)n1cnc2cc(OC[C@@H]3C[C@](O)(C45CC(C(F)(F)F)(C4)C5)C[C@H](C)N3)cc(Cl)c21. The molecule has 0 amide bonds. The van der Waals surface area contributed by atoms with Gasteiger partial charge in [0, 0.05) is 35.7 Å². The molecule has 32 heavy (non-hydrogen) atoms. The highest BCUT2D eigenvalue weighted by Crippen LogP contribution is 2.82. The lowest BCUT2D eigenvalue weighted by Crippen LogP contribution is -2.78. The van der Waals surface area contributed by atoms with Gasteiger partial charge in [0.2, 0.25) is 0 Å². The molecular formula is C23H29ClF3N3O2. The number of nitrogens with zero attached hydrogens (tertiary/aromatic N) is 2. The number of aliphatic hydroxyl groups is 1. The van der Waals surface area contributed by atoms with E-state index in [1.54, 1.807) is 12.4 Å². The van der Waals surface area contributed by atoms with Crippen molar-refractivity contribution in [1.82, 2.24) is 14.9 Å². The summed E-state index contributed by atoms with van der Waals surface area (Å²) in [5.41, 5.74) is -1.67. The minimum Gasteiger partial charge on any atom is -0.492 e. The summed E-state index contributed by atoms with van der Waals surface area (Å²) in [5, 5.41) is 15.4. The van der Waals surface area contributed by atoms with Crippen LogP contribution in [0, 0.1) is 10.8 Å². The summed E-state index contributed by atoms with van der Waals surface area (Å²) >= 11 is 6.50. The molecule has 1 aliphatic heterocycles. The van der Waals surface area contributed by atoms with Gasteiger partial charge in [-0.3, -0.25) is 0 Å². The zero-order valence-electron chi connectivity index (χ0n) is 18.5. The van der Waals surface area contributed by atoms with Gasteiger partial charge in [0.1, 0.15) is 12.4 Å². The van der Waals surface area contributed by atoms with Gasteiger partial charge >= 0.3 is 6.18 Å². The van der Waals surface area contributed by atoms with Gasteiger partial charge in [0.05, 0.1) is 33.4 Å². The second kappa shape index (κ2) is 7.00. The quantitative estimate of drug-likeness (QED) is 0.625. The molecule has 4 aliphatic rings. The number of ether oxygens (including phenoxy) is 1. The number of alkyl halides is 3. The van der Waals surface area contributed by atoms with Crippen molar-refractivity contribution >= 4 is 22.6 Å². The van der Waals surface area contributed by atoms with Gasteiger partial charge in [-0.25, -0.2) is 4.98 Å². The predicted molar refractivity (Wildman–Crippen MR) is 116 cm³/mol. The largest absolute Gasteiger partial charge is 0.492 e. The number of fused-ring (bicyclic) bond motifs is 1. The van der Waals surface area contributed by atoms with E-state index in [1.807, 2.05) is 17.6 Å². The Labute approximate surface area is 190 Å². The van der Waals surface area contributed by atoms with Gasteiger partial charge in [-0.05, 0) is 52.9 Å². The highest BCUT2D eigenvalue weighted by Gasteiger charge is 2.83. The lowest BCUT2D eigenvalue weighted by atomic mass is 9.29. The van der Waals surface area contributed by atoms with E-state index >= 15 is 0 Å². The van der Waals surface area contributed by atoms with Crippen LogP contribution < -0.4 is 10.1 Å². The Kier molecular flexibility index (Phi) is 4.87. The molecule has 0 radical (unpaired) electrons. The molecule has 176 valence electrons. The van der Waals surface area contributed by atoms with E-state index in [0.717, 1.165) is 11.0 Å². The van der Waals surface area contributed by atoms with Crippen LogP contribution in [0.2, 0.25) is 5.02 Å². The first kappa shape index (κ1) is 22.3. The molecule has 2 heterocycles. The van der Waals surface area contributed by atoms with Gasteiger partial charge in [-0.1, -0.05) is 11.6 Å². The molecule has 2 aromatic rings. The summed E-state index contributed by atoms with van der Waals surface area (Å²) in [7, 11) is 0. The van der Waals surface area contributed by atoms with Crippen LogP contribution in [-0.4, -0.2) is 45.1 Å². The van der Waals surface area contributed by atoms with E-state index in [1.165, 1.54) is 0 Å². The molecule has 0 spiro atoms. The topological polar surface area (TPSA) is 59.3 Å². The maximum absolute atomic E-state index is 13.3. The maximum Gasteiger partial charge on any atom is 0.394 e. The maximum atomic E-state index is 13.3. The minimum absolute atomic E-state index is 0.00831. The van der Waals surface area contributed by atoms with Gasteiger partial charge in [-0.15, -0.1) is 0 Å². The molecule has 4 fully saturated rings. The van der Waals surface area contributed by atoms with E-state index in [-0.39, 0.29) is 37.4 Å². The highest BCUT2D eigenvalue weighted by molar-refractivity contribution is 6.35. The molecule has 1 aromatic carbocycles. The molecule has 2 bridgehead atoms. The zero-order valence-corrected chi connectivity index (χ0v) is 19.2. The normalized spacial score (nSPS) is 36.8. The Morgan fingerprint density at radius 2 is 1.97 bits per heavy atom. The molecule has 0 unspecified atom stereocenters. The summed E-state index contributed by atoms with van der Waals surface area (Å²) in [4.78, 5) is 4.42. The fraction of sp³-hybridized carbons (Fsp3) is 0.696. The molecule has 3 atom stereocenters. The zero-order chi connectivity index (χ0) is 23.1. The van der Waals surface area contributed by atoms with Crippen LogP contribution in [0.4, 0.5) is 13.2 Å². The van der Waals surface area contributed by atoms with Crippen molar-refractivity contribution in [2.75, 3.05) is 6.61 Å². The van der Waals surface area contributed by atoms with Gasteiger partial charge < -0.3 is 19.7 Å². The third-order valence-electron chi connectivity index (χ3n) is 7.97. The highest BCUT2D eigenvalue weighted by atomic mass is 35.5. The average Bonchev–Trinajstić information content (AvgIpc) is 3.00. The Bertz CT molecular complexity index is 1030. The number of nitrogens with one attached hydrogen (secondary N) is 1. The van der Waals surface area contributed by atoms with Crippen molar-refractivity contribution in [3.8, 4) is 5.75 Å². The van der Waals surface area contributed by atoms with Gasteiger partial charge in [0.15, 0.2) is 0 Å². The predicted octanol–water partition coefficient (Wildman–Crippen LogP) is 5.25. The van der Waals surface area contributed by atoms with Crippen LogP contribution >= 0.6 is 11.6 Å². The third kappa shape index (κ3) is 3.16. The van der Waals surface area contributed by atoms with Gasteiger partial charge in [-0.2, -0.15) is 13.2 Å². The third-order valence-corrected chi connectivity index (χ3v) is 8.26. The first-order valence-corrected chi connectivity index (χ1v) is 11.6. The second-order valence-corrected chi connectivity index (χ2v) is 11.0. The minimum atomic E-state index is -4.17. The number of halogens is 4. The second-order valence-electron chi connectivity index (χ2n) is 10.6. The van der Waals surface area contributed by atoms with Crippen LogP contribution in [0.1, 0.15) is 58.9 Å².